The van der Waals surface area contributed by atoms with Gasteiger partial charge in [0.2, 0.25) is 0 Å². The molecule has 198 valence electrons. The first-order valence-electron chi connectivity index (χ1n) is 11.8. The van der Waals surface area contributed by atoms with Crippen LogP contribution in [0.15, 0.2) is 25.3 Å². The van der Waals surface area contributed by atoms with Gasteiger partial charge in [-0.3, -0.25) is 0 Å². The lowest BCUT2D eigenvalue weighted by molar-refractivity contribution is -0.139. The van der Waals surface area contributed by atoms with Crippen LogP contribution in [0.2, 0.25) is 0 Å². The van der Waals surface area contributed by atoms with Crippen LogP contribution in [0.25, 0.3) is 0 Å². The van der Waals surface area contributed by atoms with Gasteiger partial charge in [0.05, 0.1) is 13.2 Å². The maximum Gasteiger partial charge on any atom is 0.407 e. The first-order valence-corrected chi connectivity index (χ1v) is 11.8. The van der Waals surface area contributed by atoms with Crippen LogP contribution in [0.5, 0.6) is 0 Å². The average molecular weight is 489 g/mol. The molecule has 2 saturated carbocycles. The van der Waals surface area contributed by atoms with E-state index in [2.05, 4.69) is 27.9 Å². The van der Waals surface area contributed by atoms with Gasteiger partial charge in [-0.15, -0.1) is 0 Å². The summed E-state index contributed by atoms with van der Waals surface area (Å²) in [5.74, 6) is 1.33. The van der Waals surface area contributed by atoms with E-state index in [0.29, 0.717) is 31.9 Å². The van der Waals surface area contributed by atoms with E-state index in [-0.39, 0.29) is 22.7 Å². The topological polar surface area (TPSA) is 143 Å². The number of unbranched alkanes of at least 4 members (excludes halogenated alkanes) is 1. The molecular weight excluding hydrogens is 444 g/mol. The zero-order valence-corrected chi connectivity index (χ0v) is 20.4. The summed E-state index contributed by atoms with van der Waals surface area (Å²) < 4.78 is 18.7. The number of fused-ring (bicyclic) bond motifs is 2. The van der Waals surface area contributed by atoms with Crippen molar-refractivity contribution in [2.45, 2.75) is 52.4 Å². The molecule has 2 bridgehead atoms. The van der Waals surface area contributed by atoms with E-state index in [1.165, 1.54) is 25.7 Å². The van der Waals surface area contributed by atoms with Crippen molar-refractivity contribution in [1.82, 2.24) is 5.32 Å². The van der Waals surface area contributed by atoms with E-state index >= 15 is 0 Å². The quantitative estimate of drug-likeness (QED) is 0.182. The first-order chi connectivity index (χ1) is 16.3. The minimum atomic E-state index is -0.789. The van der Waals surface area contributed by atoms with Crippen LogP contribution in [-0.4, -0.2) is 57.1 Å². The molecule has 2 rings (SSSR count). The Morgan fingerprint density at radius 3 is 1.94 bits per heavy atom. The van der Waals surface area contributed by atoms with Gasteiger partial charge in [-0.2, -0.15) is 0 Å². The minimum Gasteiger partial charge on any atom is -0.463 e. The second-order valence-electron chi connectivity index (χ2n) is 7.57. The Labute approximate surface area is 205 Å². The number of esters is 2. The molecule has 34 heavy (non-hydrogen) atoms. The third kappa shape index (κ3) is 14.9. The zero-order chi connectivity index (χ0) is 25.8. The summed E-state index contributed by atoms with van der Waals surface area (Å²) in [5, 5.41) is 2.79. The summed E-state index contributed by atoms with van der Waals surface area (Å²) in [5.41, 5.74) is 4.72. The third-order valence-corrected chi connectivity index (χ3v) is 5.31. The van der Waals surface area contributed by atoms with Gasteiger partial charge in [0, 0.05) is 21.6 Å². The number of carbonyl (C=O) groups is 4. The van der Waals surface area contributed by atoms with Gasteiger partial charge < -0.3 is 30.0 Å². The third-order valence-electron chi connectivity index (χ3n) is 5.31. The van der Waals surface area contributed by atoms with E-state index in [1.54, 1.807) is 0 Å². The highest BCUT2D eigenvalue weighted by Crippen LogP contribution is 2.47. The molecule has 0 aromatic rings. The van der Waals surface area contributed by atoms with Gasteiger partial charge in [0.25, 0.3) is 0 Å². The molecule has 2 aliphatic carbocycles. The van der Waals surface area contributed by atoms with Crippen molar-refractivity contribution >= 4 is 24.1 Å². The van der Waals surface area contributed by atoms with Crippen LogP contribution in [-0.2, 0) is 28.5 Å². The number of nitrogens with one attached hydrogen (secondary N) is 1. The predicted molar refractivity (Wildman–Crippen MR) is 131 cm³/mol. The Morgan fingerprint density at radius 2 is 1.44 bits per heavy atom. The minimum absolute atomic E-state index is 0. The fraction of sp³-hybridized carbons (Fsp3) is 0.667. The smallest absolute Gasteiger partial charge is 0.407 e. The zero-order valence-electron chi connectivity index (χ0n) is 20.4. The molecule has 0 spiro atoms. The second-order valence-corrected chi connectivity index (χ2v) is 7.57. The fourth-order valence-corrected chi connectivity index (χ4v) is 3.84. The molecule has 2 fully saturated rings. The molecular formula is C24H44N2O8. The molecule has 2 aliphatic rings. The van der Waals surface area contributed by atoms with Crippen molar-refractivity contribution in [2.24, 2.45) is 23.5 Å². The van der Waals surface area contributed by atoms with Crippen LogP contribution in [0.4, 0.5) is 9.59 Å². The van der Waals surface area contributed by atoms with Crippen LogP contribution in [0, 0.1) is 17.8 Å². The van der Waals surface area contributed by atoms with Crippen LogP contribution < -0.4 is 11.1 Å². The van der Waals surface area contributed by atoms with Gasteiger partial charge in [0.1, 0.15) is 13.2 Å². The molecule has 3 atom stereocenters. The van der Waals surface area contributed by atoms with Crippen LogP contribution in [0.3, 0.4) is 0 Å². The number of amides is 2. The molecule has 0 saturated heterocycles. The molecule has 3 unspecified atom stereocenters. The maximum atomic E-state index is 11.4. The number of primary amides is 1. The number of nitrogens with two attached hydrogens (primary N) is 1. The Morgan fingerprint density at radius 1 is 0.882 bits per heavy atom. The highest BCUT2D eigenvalue weighted by Gasteiger charge is 2.39. The summed E-state index contributed by atoms with van der Waals surface area (Å²) in [6.45, 7) is 11.9. The summed E-state index contributed by atoms with van der Waals surface area (Å²) in [6, 6.07) is 0. The maximum absolute atomic E-state index is 11.4. The number of hydrogen-bond donors (Lipinski definition) is 2. The SMILES string of the molecule is C=CC(=O)OCCCCOC(N)=O.C=CC(=O)OCCOC(=O)NCC1CC2CCC1C2.CC.[HH].[HH]. The lowest BCUT2D eigenvalue weighted by atomic mass is 9.89. The van der Waals surface area contributed by atoms with Gasteiger partial charge in [0.15, 0.2) is 0 Å². The van der Waals surface area contributed by atoms with E-state index in [1.807, 2.05) is 13.8 Å². The molecule has 10 nitrogen and oxygen atoms in total. The van der Waals surface area contributed by atoms with Crippen molar-refractivity contribution in [2.75, 3.05) is 33.0 Å². The van der Waals surface area contributed by atoms with Crippen molar-refractivity contribution in [3.8, 4) is 0 Å². The van der Waals surface area contributed by atoms with Gasteiger partial charge in [-0.25, -0.2) is 19.2 Å². The van der Waals surface area contributed by atoms with E-state index in [9.17, 15) is 19.2 Å². The molecule has 0 radical (unpaired) electrons. The normalized spacial score (nSPS) is 19.2. The second kappa shape index (κ2) is 19.4. The van der Waals surface area contributed by atoms with E-state index < -0.39 is 24.1 Å². The molecule has 0 aliphatic heterocycles. The number of ether oxygens (including phenoxy) is 4. The van der Waals surface area contributed by atoms with Crippen LogP contribution in [0.1, 0.15) is 55.2 Å². The lowest BCUT2D eigenvalue weighted by Gasteiger charge is -2.21. The molecule has 10 heteroatoms. The number of hydrogen-bond acceptors (Lipinski definition) is 8. The Hall–Kier alpha value is -3.04. The number of alkyl carbamates (subject to hydrolysis) is 1. The van der Waals surface area contributed by atoms with Crippen molar-refractivity contribution in [3.05, 3.63) is 25.3 Å². The van der Waals surface area contributed by atoms with Gasteiger partial charge >= 0.3 is 24.1 Å². The molecule has 3 N–H and O–H groups in total. The Balaban J connectivity index is -0.000000570. The first kappa shape index (κ1) is 31.0. The monoisotopic (exact) mass is 488 g/mol. The predicted octanol–water partition coefficient (Wildman–Crippen LogP) is 3.99. The van der Waals surface area contributed by atoms with Gasteiger partial charge in [-0.05, 0) is 49.9 Å². The van der Waals surface area contributed by atoms with E-state index in [0.717, 1.165) is 24.0 Å². The molecule has 0 aromatic heterocycles. The molecule has 2 amide bonds. The average Bonchev–Trinajstić information content (AvgIpc) is 3.47. The summed E-state index contributed by atoms with van der Waals surface area (Å²) in [7, 11) is 0. The number of carbonyl (C=O) groups excluding carboxylic acids is 4. The Kier molecular flexibility index (Phi) is 17.7. The lowest BCUT2D eigenvalue weighted by Crippen LogP contribution is -2.32. The highest BCUT2D eigenvalue weighted by molar-refractivity contribution is 5.81. The largest absolute Gasteiger partial charge is 0.463 e. The summed E-state index contributed by atoms with van der Waals surface area (Å²) in [6.07, 6.45) is 7.44. The summed E-state index contributed by atoms with van der Waals surface area (Å²) >= 11 is 0. The molecule has 0 heterocycles. The molecule has 0 aromatic carbocycles. The van der Waals surface area contributed by atoms with E-state index in [4.69, 9.17) is 15.2 Å². The summed E-state index contributed by atoms with van der Waals surface area (Å²) in [4.78, 5) is 42.8. The number of rotatable bonds is 12. The highest BCUT2D eigenvalue weighted by atomic mass is 16.6. The van der Waals surface area contributed by atoms with Crippen molar-refractivity contribution in [1.29, 1.82) is 0 Å². The van der Waals surface area contributed by atoms with Gasteiger partial charge in [-0.1, -0.05) is 33.4 Å². The Bertz CT molecular complexity index is 664. The van der Waals surface area contributed by atoms with Crippen molar-refractivity contribution in [3.63, 3.8) is 0 Å². The van der Waals surface area contributed by atoms with Crippen molar-refractivity contribution < 1.29 is 41.0 Å². The standard InChI is InChI=1S/C14H21NO4.C8H13NO4.C2H6.2H2/c1-2-13(16)18-5-6-19-14(17)15-9-12-8-10-3-4-11(12)7-10;1-2-7(10)12-5-3-4-6-13-8(9)11;1-2;;/h2,10-12H,1,3-9H2,(H,15,17);2H,1,3-6H2,(H2,9,11);1-2H3;2*1H. The fourth-order valence-electron chi connectivity index (χ4n) is 3.84. The van der Waals surface area contributed by atoms with Crippen LogP contribution >= 0.6 is 0 Å².